The Balaban J connectivity index is 1.64. The maximum absolute atomic E-state index is 12.8. The highest BCUT2D eigenvalue weighted by Gasteiger charge is 2.25. The largest absolute Gasteiger partial charge is 0.354 e. The van der Waals surface area contributed by atoms with Crippen LogP contribution in [-0.2, 0) is 13.1 Å². The standard InChI is InChI=1S/C23H22N2O/c26-23-17-24(15-19-9-3-1-4-10-19)18-25(16-20-11-5-2-6-12-20)22-14-8-7-13-21(22)23/h1-14H,15-18H2. The number of nitrogens with zero attached hydrogens (tertiary/aromatic N) is 2. The molecule has 3 heteroatoms. The molecule has 0 atom stereocenters. The molecule has 3 aromatic rings. The van der Waals surface area contributed by atoms with Gasteiger partial charge in [-0.15, -0.1) is 0 Å². The molecule has 0 unspecified atom stereocenters. The predicted molar refractivity (Wildman–Crippen MR) is 105 cm³/mol. The van der Waals surface area contributed by atoms with Gasteiger partial charge in [-0.05, 0) is 23.3 Å². The first-order valence-electron chi connectivity index (χ1n) is 8.97. The van der Waals surface area contributed by atoms with Gasteiger partial charge in [0.25, 0.3) is 0 Å². The van der Waals surface area contributed by atoms with E-state index >= 15 is 0 Å². The summed E-state index contributed by atoms with van der Waals surface area (Å²) in [6.07, 6.45) is 0. The van der Waals surface area contributed by atoms with Crippen LogP contribution in [0.3, 0.4) is 0 Å². The molecule has 1 aliphatic heterocycles. The van der Waals surface area contributed by atoms with Crippen LogP contribution in [0.5, 0.6) is 0 Å². The summed E-state index contributed by atoms with van der Waals surface area (Å²) in [6, 6.07) is 28.7. The highest BCUT2D eigenvalue weighted by atomic mass is 16.1. The molecule has 26 heavy (non-hydrogen) atoms. The highest BCUT2D eigenvalue weighted by molar-refractivity contribution is 6.03. The van der Waals surface area contributed by atoms with Crippen molar-refractivity contribution in [2.45, 2.75) is 13.1 Å². The second-order valence-corrected chi connectivity index (χ2v) is 6.74. The molecule has 4 rings (SSSR count). The number of carbonyl (C=O) groups excluding carboxylic acids is 1. The molecule has 0 spiro atoms. The Morgan fingerprint density at radius 2 is 1.27 bits per heavy atom. The van der Waals surface area contributed by atoms with Crippen LogP contribution in [0.25, 0.3) is 0 Å². The first-order chi connectivity index (χ1) is 12.8. The van der Waals surface area contributed by atoms with Crippen LogP contribution in [-0.4, -0.2) is 23.9 Å². The number of rotatable bonds is 4. The van der Waals surface area contributed by atoms with Crippen molar-refractivity contribution >= 4 is 11.5 Å². The molecule has 0 amide bonds. The lowest BCUT2D eigenvalue weighted by Gasteiger charge is -2.29. The van der Waals surface area contributed by atoms with Gasteiger partial charge in [0.2, 0.25) is 0 Å². The fraction of sp³-hybridized carbons (Fsp3) is 0.174. The zero-order chi connectivity index (χ0) is 17.8. The van der Waals surface area contributed by atoms with Crippen molar-refractivity contribution in [2.24, 2.45) is 0 Å². The summed E-state index contributed by atoms with van der Waals surface area (Å²) >= 11 is 0. The molecule has 3 nitrogen and oxygen atoms in total. The van der Waals surface area contributed by atoms with Crippen LogP contribution in [0, 0.1) is 0 Å². The molecule has 1 aliphatic rings. The van der Waals surface area contributed by atoms with Gasteiger partial charge in [0.1, 0.15) is 0 Å². The molecule has 1 heterocycles. The third kappa shape index (κ3) is 3.68. The van der Waals surface area contributed by atoms with Gasteiger partial charge >= 0.3 is 0 Å². The summed E-state index contributed by atoms with van der Waals surface area (Å²) in [6.45, 7) is 2.73. The average Bonchev–Trinajstić information content (AvgIpc) is 2.81. The number of anilines is 1. The maximum Gasteiger partial charge on any atom is 0.178 e. The second kappa shape index (κ2) is 7.54. The lowest BCUT2D eigenvalue weighted by Crippen LogP contribution is -2.37. The van der Waals surface area contributed by atoms with E-state index in [0.717, 1.165) is 31.0 Å². The highest BCUT2D eigenvalue weighted by Crippen LogP contribution is 2.27. The fourth-order valence-corrected chi connectivity index (χ4v) is 3.53. The Morgan fingerprint density at radius 1 is 0.692 bits per heavy atom. The molecule has 0 saturated heterocycles. The Kier molecular flexibility index (Phi) is 4.80. The molecule has 0 aromatic heterocycles. The van der Waals surface area contributed by atoms with Crippen LogP contribution >= 0.6 is 0 Å². The minimum Gasteiger partial charge on any atom is -0.354 e. The van der Waals surface area contributed by atoms with Crippen LogP contribution in [0.4, 0.5) is 5.69 Å². The van der Waals surface area contributed by atoms with Crippen LogP contribution < -0.4 is 4.90 Å². The quantitative estimate of drug-likeness (QED) is 0.704. The van der Waals surface area contributed by atoms with Crippen LogP contribution in [0.15, 0.2) is 84.9 Å². The van der Waals surface area contributed by atoms with Crippen molar-refractivity contribution in [3.8, 4) is 0 Å². The lowest BCUT2D eigenvalue weighted by molar-refractivity contribution is 0.0935. The maximum atomic E-state index is 12.8. The minimum atomic E-state index is 0.187. The summed E-state index contributed by atoms with van der Waals surface area (Å²) in [5.41, 5.74) is 4.32. The van der Waals surface area contributed by atoms with Gasteiger partial charge in [-0.1, -0.05) is 72.8 Å². The van der Waals surface area contributed by atoms with Crippen molar-refractivity contribution < 1.29 is 4.79 Å². The first kappa shape index (κ1) is 16.6. The van der Waals surface area contributed by atoms with Gasteiger partial charge in [-0.25, -0.2) is 0 Å². The number of para-hydroxylation sites is 1. The van der Waals surface area contributed by atoms with E-state index in [1.54, 1.807) is 0 Å². The molecule has 0 saturated carbocycles. The van der Waals surface area contributed by atoms with E-state index in [0.29, 0.717) is 6.54 Å². The molecule has 130 valence electrons. The van der Waals surface area contributed by atoms with E-state index in [9.17, 15) is 4.79 Å². The van der Waals surface area contributed by atoms with Crippen molar-refractivity contribution in [1.29, 1.82) is 0 Å². The summed E-state index contributed by atoms with van der Waals surface area (Å²) in [5.74, 6) is 0.187. The summed E-state index contributed by atoms with van der Waals surface area (Å²) in [4.78, 5) is 17.4. The monoisotopic (exact) mass is 342 g/mol. The van der Waals surface area contributed by atoms with Gasteiger partial charge in [0, 0.05) is 24.3 Å². The van der Waals surface area contributed by atoms with Crippen molar-refractivity contribution in [3.63, 3.8) is 0 Å². The van der Waals surface area contributed by atoms with Crippen LogP contribution in [0.2, 0.25) is 0 Å². The molecule has 0 radical (unpaired) electrons. The van der Waals surface area contributed by atoms with Crippen LogP contribution in [0.1, 0.15) is 21.5 Å². The predicted octanol–water partition coefficient (Wildman–Crippen LogP) is 4.35. The number of hydrogen-bond acceptors (Lipinski definition) is 3. The Hall–Kier alpha value is -2.91. The fourth-order valence-electron chi connectivity index (χ4n) is 3.53. The molecular formula is C23H22N2O. The van der Waals surface area contributed by atoms with Gasteiger partial charge in [0.15, 0.2) is 5.78 Å². The van der Waals surface area contributed by atoms with E-state index < -0.39 is 0 Å². The minimum absolute atomic E-state index is 0.187. The second-order valence-electron chi connectivity index (χ2n) is 6.74. The number of fused-ring (bicyclic) bond motifs is 1. The third-order valence-electron chi connectivity index (χ3n) is 4.75. The lowest BCUT2D eigenvalue weighted by atomic mass is 10.1. The van der Waals surface area contributed by atoms with E-state index in [-0.39, 0.29) is 5.78 Å². The molecule has 0 N–H and O–H groups in total. The molecule has 0 bridgehead atoms. The number of Topliss-reactive ketones (excluding diaryl/α,β-unsaturated/α-hetero) is 1. The van der Waals surface area contributed by atoms with E-state index in [4.69, 9.17) is 0 Å². The van der Waals surface area contributed by atoms with Gasteiger partial charge < -0.3 is 4.90 Å². The normalized spacial score (nSPS) is 14.8. The van der Waals surface area contributed by atoms with E-state index in [1.165, 1.54) is 11.1 Å². The topological polar surface area (TPSA) is 23.6 Å². The van der Waals surface area contributed by atoms with E-state index in [2.05, 4.69) is 52.3 Å². The van der Waals surface area contributed by atoms with Gasteiger partial charge in [0.05, 0.1) is 13.2 Å². The smallest absolute Gasteiger partial charge is 0.178 e. The summed E-state index contributed by atoms with van der Waals surface area (Å²) in [7, 11) is 0. The van der Waals surface area contributed by atoms with Gasteiger partial charge in [-0.2, -0.15) is 0 Å². The zero-order valence-corrected chi connectivity index (χ0v) is 14.7. The molecule has 0 fully saturated rings. The Labute approximate surface area is 154 Å². The summed E-state index contributed by atoms with van der Waals surface area (Å²) in [5, 5.41) is 0. The third-order valence-corrected chi connectivity index (χ3v) is 4.75. The van der Waals surface area contributed by atoms with Crippen molar-refractivity contribution in [3.05, 3.63) is 102 Å². The molecule has 3 aromatic carbocycles. The number of hydrogen-bond donors (Lipinski definition) is 0. The first-order valence-corrected chi connectivity index (χ1v) is 8.97. The van der Waals surface area contributed by atoms with Crippen molar-refractivity contribution in [1.82, 2.24) is 4.90 Å². The average molecular weight is 342 g/mol. The number of benzene rings is 3. The zero-order valence-electron chi connectivity index (χ0n) is 14.7. The van der Waals surface area contributed by atoms with Gasteiger partial charge in [-0.3, -0.25) is 9.69 Å². The Morgan fingerprint density at radius 3 is 1.96 bits per heavy atom. The van der Waals surface area contributed by atoms with E-state index in [1.807, 2.05) is 42.5 Å². The molecule has 0 aliphatic carbocycles. The SMILES string of the molecule is O=C1CN(Cc2ccccc2)CN(Cc2ccccc2)c2ccccc21. The molecular weight excluding hydrogens is 320 g/mol. The number of ketones is 1. The Bertz CT molecular complexity index is 877. The number of carbonyl (C=O) groups is 1. The van der Waals surface area contributed by atoms with Crippen molar-refractivity contribution in [2.75, 3.05) is 18.1 Å². The summed E-state index contributed by atoms with van der Waals surface area (Å²) < 4.78 is 0.